The molecule has 106 valence electrons. The van der Waals surface area contributed by atoms with E-state index in [1.165, 1.54) is 22.6 Å². The number of carbonyl (C=O) groups is 2. The Kier molecular flexibility index (Phi) is 5.69. The molecule has 0 unspecified atom stereocenters. The van der Waals surface area contributed by atoms with Crippen molar-refractivity contribution in [1.82, 2.24) is 9.47 Å². The molecule has 0 saturated carbocycles. The maximum atomic E-state index is 12.4. The summed E-state index contributed by atoms with van der Waals surface area (Å²) in [5.41, 5.74) is 0.340. The summed E-state index contributed by atoms with van der Waals surface area (Å²) in [6, 6.07) is 1.49. The van der Waals surface area contributed by atoms with Gasteiger partial charge in [-0.05, 0) is 12.5 Å². The van der Waals surface area contributed by atoms with Crippen molar-refractivity contribution in [1.29, 1.82) is 0 Å². The molecule has 0 aliphatic rings. The van der Waals surface area contributed by atoms with Gasteiger partial charge in [0.25, 0.3) is 5.91 Å². The second kappa shape index (κ2) is 6.82. The van der Waals surface area contributed by atoms with Crippen LogP contribution in [0.3, 0.4) is 0 Å². The molecule has 1 aromatic rings. The van der Waals surface area contributed by atoms with Crippen LogP contribution in [0.2, 0.25) is 10.2 Å². The Morgan fingerprint density at radius 2 is 2.05 bits per heavy atom. The van der Waals surface area contributed by atoms with Crippen LogP contribution in [0.1, 0.15) is 23.8 Å². The van der Waals surface area contributed by atoms with Crippen LogP contribution in [0.15, 0.2) is 6.07 Å². The number of ether oxygens (including phenoxy) is 1. The minimum absolute atomic E-state index is 0.0937. The number of methoxy groups -OCH3 is 1. The average molecular weight is 307 g/mol. The Balaban J connectivity index is 2.98. The zero-order valence-electron chi connectivity index (χ0n) is 11.1. The van der Waals surface area contributed by atoms with Gasteiger partial charge in [0.15, 0.2) is 0 Å². The topological polar surface area (TPSA) is 51.5 Å². The SMILES string of the molecule is CCCN(CC(=O)OC)C(=O)c1cc(Cl)c(Cl)n1C. The average Bonchev–Trinajstić information content (AvgIpc) is 2.65. The van der Waals surface area contributed by atoms with Gasteiger partial charge in [0.05, 0.1) is 12.1 Å². The van der Waals surface area contributed by atoms with Crippen molar-refractivity contribution in [3.05, 3.63) is 21.9 Å². The predicted octanol–water partition coefficient (Wildman–Crippen LogP) is 2.36. The predicted molar refractivity (Wildman–Crippen MR) is 73.6 cm³/mol. The highest BCUT2D eigenvalue weighted by Gasteiger charge is 2.23. The summed E-state index contributed by atoms with van der Waals surface area (Å²) in [5, 5.41) is 0.599. The van der Waals surface area contributed by atoms with E-state index >= 15 is 0 Å². The van der Waals surface area contributed by atoms with Crippen LogP contribution in [0.5, 0.6) is 0 Å². The summed E-state index contributed by atoms with van der Waals surface area (Å²) in [4.78, 5) is 25.1. The van der Waals surface area contributed by atoms with Crippen LogP contribution in [0, 0.1) is 0 Å². The van der Waals surface area contributed by atoms with E-state index in [-0.39, 0.29) is 12.5 Å². The third-order valence-electron chi connectivity index (χ3n) is 2.66. The fourth-order valence-electron chi connectivity index (χ4n) is 1.65. The van der Waals surface area contributed by atoms with E-state index in [2.05, 4.69) is 4.74 Å². The Hall–Kier alpha value is -1.20. The summed E-state index contributed by atoms with van der Waals surface area (Å²) >= 11 is 11.8. The zero-order valence-corrected chi connectivity index (χ0v) is 12.6. The quantitative estimate of drug-likeness (QED) is 0.785. The number of amides is 1. The fraction of sp³-hybridized carbons (Fsp3) is 0.500. The normalized spacial score (nSPS) is 10.4. The number of carbonyl (C=O) groups excluding carboxylic acids is 2. The first-order valence-electron chi connectivity index (χ1n) is 5.79. The molecule has 1 rings (SSSR count). The van der Waals surface area contributed by atoms with Crippen LogP contribution in [-0.2, 0) is 16.6 Å². The minimum atomic E-state index is -0.465. The molecule has 0 fully saturated rings. The largest absolute Gasteiger partial charge is 0.468 e. The molecule has 0 bridgehead atoms. The van der Waals surface area contributed by atoms with Crippen molar-refractivity contribution < 1.29 is 14.3 Å². The zero-order chi connectivity index (χ0) is 14.6. The second-order valence-electron chi connectivity index (χ2n) is 4.03. The summed E-state index contributed by atoms with van der Waals surface area (Å²) < 4.78 is 6.07. The van der Waals surface area contributed by atoms with Gasteiger partial charge < -0.3 is 14.2 Å². The number of esters is 1. The molecule has 0 aliphatic carbocycles. The molecule has 0 aromatic carbocycles. The molecule has 0 radical (unpaired) electrons. The van der Waals surface area contributed by atoms with Gasteiger partial charge in [0.2, 0.25) is 0 Å². The molecule has 1 heterocycles. The molecule has 19 heavy (non-hydrogen) atoms. The van der Waals surface area contributed by atoms with Crippen LogP contribution < -0.4 is 0 Å². The highest BCUT2D eigenvalue weighted by molar-refractivity contribution is 6.41. The molecular formula is C12H16Cl2N2O3. The second-order valence-corrected chi connectivity index (χ2v) is 4.80. The van der Waals surface area contributed by atoms with Crippen molar-refractivity contribution >= 4 is 35.1 Å². The summed E-state index contributed by atoms with van der Waals surface area (Å²) in [6.45, 7) is 2.28. The molecule has 0 saturated heterocycles. The number of rotatable bonds is 5. The Labute approximate surface area is 122 Å². The molecule has 1 aromatic heterocycles. The van der Waals surface area contributed by atoms with Crippen LogP contribution in [0.4, 0.5) is 0 Å². The van der Waals surface area contributed by atoms with E-state index < -0.39 is 5.97 Å². The van der Waals surface area contributed by atoms with Gasteiger partial charge in [-0.3, -0.25) is 9.59 Å². The van der Waals surface area contributed by atoms with Crippen molar-refractivity contribution in [2.45, 2.75) is 13.3 Å². The lowest BCUT2D eigenvalue weighted by Gasteiger charge is -2.20. The minimum Gasteiger partial charge on any atom is -0.468 e. The number of hydrogen-bond donors (Lipinski definition) is 0. The van der Waals surface area contributed by atoms with E-state index in [9.17, 15) is 9.59 Å². The lowest BCUT2D eigenvalue weighted by atomic mass is 10.3. The lowest BCUT2D eigenvalue weighted by molar-refractivity contribution is -0.141. The third kappa shape index (κ3) is 3.64. The van der Waals surface area contributed by atoms with Gasteiger partial charge in [-0.1, -0.05) is 30.1 Å². The smallest absolute Gasteiger partial charge is 0.325 e. The molecule has 0 atom stereocenters. The number of nitrogens with zero attached hydrogens (tertiary/aromatic N) is 2. The summed E-state index contributed by atoms with van der Waals surface area (Å²) in [6.07, 6.45) is 0.731. The van der Waals surface area contributed by atoms with E-state index in [0.29, 0.717) is 22.4 Å². The Morgan fingerprint density at radius 1 is 1.42 bits per heavy atom. The van der Waals surface area contributed by atoms with Gasteiger partial charge in [-0.15, -0.1) is 0 Å². The van der Waals surface area contributed by atoms with Crippen molar-refractivity contribution in [3.8, 4) is 0 Å². The van der Waals surface area contributed by atoms with E-state index in [1.54, 1.807) is 7.05 Å². The maximum absolute atomic E-state index is 12.4. The Morgan fingerprint density at radius 3 is 2.47 bits per heavy atom. The van der Waals surface area contributed by atoms with Crippen molar-refractivity contribution in [2.75, 3.05) is 20.2 Å². The first-order chi connectivity index (χ1) is 8.92. The van der Waals surface area contributed by atoms with Gasteiger partial charge in [0, 0.05) is 13.6 Å². The molecule has 1 amide bonds. The van der Waals surface area contributed by atoms with Crippen LogP contribution in [-0.4, -0.2) is 41.5 Å². The lowest BCUT2D eigenvalue weighted by Crippen LogP contribution is -2.37. The molecule has 0 spiro atoms. The van der Waals surface area contributed by atoms with Gasteiger partial charge in [-0.2, -0.15) is 0 Å². The van der Waals surface area contributed by atoms with Crippen LogP contribution in [0.25, 0.3) is 0 Å². The van der Waals surface area contributed by atoms with E-state index in [4.69, 9.17) is 23.2 Å². The van der Waals surface area contributed by atoms with E-state index in [0.717, 1.165) is 6.42 Å². The monoisotopic (exact) mass is 306 g/mol. The number of hydrogen-bond acceptors (Lipinski definition) is 3. The third-order valence-corrected chi connectivity index (χ3v) is 3.51. The summed E-state index contributed by atoms with van der Waals surface area (Å²) in [7, 11) is 2.93. The van der Waals surface area contributed by atoms with E-state index in [1.807, 2.05) is 6.92 Å². The van der Waals surface area contributed by atoms with Gasteiger partial charge in [0.1, 0.15) is 17.4 Å². The maximum Gasteiger partial charge on any atom is 0.325 e. The molecule has 5 nitrogen and oxygen atoms in total. The highest BCUT2D eigenvalue weighted by Crippen LogP contribution is 2.25. The Bertz CT molecular complexity index is 486. The fourth-order valence-corrected chi connectivity index (χ4v) is 2.03. The van der Waals surface area contributed by atoms with Crippen molar-refractivity contribution in [3.63, 3.8) is 0 Å². The first-order valence-corrected chi connectivity index (χ1v) is 6.54. The standard InChI is InChI=1S/C12H16Cl2N2O3/c1-4-5-16(7-10(17)19-3)12(18)9-6-8(13)11(14)15(9)2/h6H,4-5,7H2,1-3H3. The van der Waals surface area contributed by atoms with Gasteiger partial charge in [-0.25, -0.2) is 0 Å². The number of aromatic nitrogens is 1. The molecule has 7 heteroatoms. The van der Waals surface area contributed by atoms with Crippen LogP contribution >= 0.6 is 23.2 Å². The molecular weight excluding hydrogens is 291 g/mol. The van der Waals surface area contributed by atoms with Crippen molar-refractivity contribution in [2.24, 2.45) is 7.05 Å². The first kappa shape index (κ1) is 15.9. The molecule has 0 aliphatic heterocycles. The van der Waals surface area contributed by atoms with Gasteiger partial charge >= 0.3 is 5.97 Å². The highest BCUT2D eigenvalue weighted by atomic mass is 35.5. The molecule has 0 N–H and O–H groups in total. The summed E-state index contributed by atoms with van der Waals surface area (Å²) in [5.74, 6) is -0.767. The number of halogens is 2.